The van der Waals surface area contributed by atoms with Crippen molar-refractivity contribution in [3.05, 3.63) is 128 Å². The summed E-state index contributed by atoms with van der Waals surface area (Å²) >= 11 is 0. The summed E-state index contributed by atoms with van der Waals surface area (Å²) in [7, 11) is -1.73. The van der Waals surface area contributed by atoms with E-state index in [2.05, 4.69) is 0 Å². The molecule has 53 heavy (non-hydrogen) atoms. The molecule has 276 valence electrons. The molecule has 1 spiro atoms. The number of nitro benzene ring substituents is 1. The number of benzene rings is 3. The smallest absolute Gasteiger partial charge is 0.297 e. The molecule has 3 aromatic carbocycles. The lowest BCUT2D eigenvalue weighted by atomic mass is 9.82. The van der Waals surface area contributed by atoms with Crippen molar-refractivity contribution in [2.24, 2.45) is 5.92 Å². The number of hydrogen-bond donors (Lipinski definition) is 2. The fraction of sp³-hybridized carbons (Fsp3) is 0.359. The average Bonchev–Trinajstić information content (AvgIpc) is 3.56. The summed E-state index contributed by atoms with van der Waals surface area (Å²) in [6.45, 7) is 5.50. The van der Waals surface area contributed by atoms with Gasteiger partial charge in [-0.2, -0.15) is 0 Å². The first-order valence-corrected chi connectivity index (χ1v) is 20.6. The van der Waals surface area contributed by atoms with Gasteiger partial charge in [0.25, 0.3) is 17.2 Å². The minimum absolute atomic E-state index is 0.0916. The van der Waals surface area contributed by atoms with E-state index in [-0.39, 0.29) is 42.5 Å². The number of amides is 2. The number of carbonyl (C=O) groups is 2. The Morgan fingerprint density at radius 2 is 1.77 bits per heavy atom. The molecular weight excluding hydrogens is 697 g/mol. The van der Waals surface area contributed by atoms with Gasteiger partial charge in [0.2, 0.25) is 5.91 Å². The zero-order valence-corrected chi connectivity index (χ0v) is 31.0. The fourth-order valence-electron chi connectivity index (χ4n) is 8.65. The van der Waals surface area contributed by atoms with Gasteiger partial charge in [-0.1, -0.05) is 43.3 Å². The van der Waals surface area contributed by atoms with Crippen LogP contribution < -0.4 is 15.2 Å². The van der Waals surface area contributed by atoms with Crippen LogP contribution in [0, 0.1) is 16.0 Å². The van der Waals surface area contributed by atoms with Crippen LogP contribution in [-0.2, 0) is 39.4 Å². The topological polar surface area (TPSA) is 165 Å². The van der Waals surface area contributed by atoms with Gasteiger partial charge >= 0.3 is 0 Å². The highest BCUT2D eigenvalue weighted by Crippen LogP contribution is 2.60. The molecule has 1 fully saturated rings. The van der Waals surface area contributed by atoms with Gasteiger partial charge in [-0.25, -0.2) is 0 Å². The van der Waals surface area contributed by atoms with Crippen molar-refractivity contribution >= 4 is 31.5 Å². The van der Waals surface area contributed by atoms with Crippen molar-refractivity contribution in [1.82, 2.24) is 9.47 Å². The number of aliphatic hydroxyl groups excluding tert-OH is 1. The van der Waals surface area contributed by atoms with Gasteiger partial charge < -0.3 is 29.2 Å². The number of aromatic nitrogens is 1. The molecule has 2 N–H and O–H groups in total. The van der Waals surface area contributed by atoms with Gasteiger partial charge in [0.15, 0.2) is 19.7 Å². The predicted octanol–water partition coefficient (Wildman–Crippen LogP) is 4.43. The average molecular weight is 739 g/mol. The molecule has 4 heterocycles. The number of nitrogens with zero attached hydrogens (tertiary/aromatic N) is 4. The number of ether oxygens (including phenoxy) is 2. The van der Waals surface area contributed by atoms with E-state index in [4.69, 9.17) is 9.47 Å². The predicted molar refractivity (Wildman–Crippen MR) is 198 cm³/mol. The number of non-ortho nitro benzene ring substituents is 1. The first-order valence-electron chi connectivity index (χ1n) is 17.6. The van der Waals surface area contributed by atoms with Gasteiger partial charge in [0.1, 0.15) is 0 Å². The molecule has 0 radical (unpaired) electrons. The summed E-state index contributed by atoms with van der Waals surface area (Å²) in [5.41, 5.74) is 1.31. The number of aliphatic hydroxyl groups is 1. The minimum atomic E-state index is -3.16. The van der Waals surface area contributed by atoms with Crippen molar-refractivity contribution in [2.45, 2.75) is 69.2 Å². The second kappa shape index (κ2) is 13.7. The van der Waals surface area contributed by atoms with Gasteiger partial charge in [-0.05, 0) is 66.5 Å². The Labute approximate surface area is 307 Å². The number of methoxy groups -OCH3 is 1. The second-order valence-corrected chi connectivity index (χ2v) is 18.6. The maximum absolute atomic E-state index is 14.9. The van der Waals surface area contributed by atoms with E-state index in [0.717, 1.165) is 16.7 Å². The van der Waals surface area contributed by atoms with E-state index in [1.54, 1.807) is 71.6 Å². The lowest BCUT2D eigenvalue weighted by Gasteiger charge is -2.37. The molecule has 13 nitrogen and oxygen atoms in total. The Morgan fingerprint density at radius 1 is 1.06 bits per heavy atom. The van der Waals surface area contributed by atoms with Crippen molar-refractivity contribution in [2.75, 3.05) is 18.6 Å². The summed E-state index contributed by atoms with van der Waals surface area (Å²) in [4.78, 5) is 68.3. The van der Waals surface area contributed by atoms with Crippen molar-refractivity contribution in [1.29, 1.82) is 0 Å². The van der Waals surface area contributed by atoms with Crippen LogP contribution in [0.25, 0.3) is 5.69 Å². The SMILES string of the molecule is COc1cccn(-c2ccc(CN3C(=O)[C@@]4(O[C@@H](CC(=O)N5Cc6ccccc6C[C@H]5CO)[C@H]([Si](C)(C)O)[C@H]4C)c4cc([N+](=O)[O-])ccc43)cc2)c1=O. The van der Waals surface area contributed by atoms with Crippen LogP contribution in [0.1, 0.15) is 35.6 Å². The molecule has 4 aromatic rings. The van der Waals surface area contributed by atoms with Crippen molar-refractivity contribution in [3.63, 3.8) is 0 Å². The Hall–Kier alpha value is -5.15. The Balaban J connectivity index is 1.23. The number of fused-ring (bicyclic) bond motifs is 3. The van der Waals surface area contributed by atoms with Crippen molar-refractivity contribution in [3.8, 4) is 11.4 Å². The lowest BCUT2D eigenvalue weighted by Crippen LogP contribution is -2.48. The quantitative estimate of drug-likeness (QED) is 0.144. The van der Waals surface area contributed by atoms with Gasteiger partial charge in [-0.3, -0.25) is 29.1 Å². The van der Waals surface area contributed by atoms with E-state index in [1.807, 2.05) is 31.2 Å². The molecule has 14 heteroatoms. The van der Waals surface area contributed by atoms with Gasteiger partial charge in [-0.15, -0.1) is 0 Å². The number of anilines is 1. The lowest BCUT2D eigenvalue weighted by molar-refractivity contribution is -0.385. The normalized spacial score (nSPS) is 23.6. The van der Waals surface area contributed by atoms with E-state index in [0.29, 0.717) is 29.9 Å². The van der Waals surface area contributed by atoms with Crippen LogP contribution >= 0.6 is 0 Å². The molecule has 0 unspecified atom stereocenters. The summed E-state index contributed by atoms with van der Waals surface area (Å²) in [6, 6.07) is 22.0. The van der Waals surface area contributed by atoms with E-state index in [9.17, 15) is 34.4 Å². The number of hydrogen-bond acceptors (Lipinski definition) is 9. The largest absolute Gasteiger partial charge is 0.491 e. The number of rotatable bonds is 9. The molecule has 5 atom stereocenters. The Bertz CT molecular complexity index is 2150. The zero-order chi connectivity index (χ0) is 37.8. The molecule has 3 aliphatic heterocycles. The minimum Gasteiger partial charge on any atom is -0.491 e. The fourth-order valence-corrected chi connectivity index (χ4v) is 11.2. The summed E-state index contributed by atoms with van der Waals surface area (Å²) in [6.07, 6.45) is 1.11. The molecule has 1 aromatic heterocycles. The van der Waals surface area contributed by atoms with Gasteiger partial charge in [0.05, 0.1) is 49.4 Å². The van der Waals surface area contributed by atoms with Gasteiger partial charge in [0, 0.05) is 47.6 Å². The molecule has 3 aliphatic rings. The summed E-state index contributed by atoms with van der Waals surface area (Å²) < 4.78 is 13.4. The Morgan fingerprint density at radius 3 is 2.43 bits per heavy atom. The standard InChI is InChI=1S/C39H42N4O9Si/c1-24-36(53(3,4)50)34(20-35(45)41-22-27-9-6-5-8-26(27)18-30(41)23-44)52-39(24)31-19-29(43(48)49)15-16-32(31)42(38(39)47)21-25-11-13-28(14-12-25)40-17-7-10-33(51-2)37(40)46/h5-17,19,24,30,34,36,44,50H,18,20-23H2,1-4H3/t24-,30+,34+,36-,39+/m1/s1. The third-order valence-electron chi connectivity index (χ3n) is 11.1. The molecule has 2 amide bonds. The summed E-state index contributed by atoms with van der Waals surface area (Å²) in [5.74, 6) is -1.16. The van der Waals surface area contributed by atoms with E-state index >= 15 is 0 Å². The Kier molecular flexibility index (Phi) is 9.35. The van der Waals surface area contributed by atoms with Crippen LogP contribution in [-0.4, -0.2) is 70.3 Å². The highest BCUT2D eigenvalue weighted by atomic mass is 28.4. The highest BCUT2D eigenvalue weighted by molar-refractivity contribution is 6.71. The van der Waals surface area contributed by atoms with E-state index < -0.39 is 48.4 Å². The van der Waals surface area contributed by atoms with Crippen LogP contribution in [0.15, 0.2) is 89.9 Å². The second-order valence-electron chi connectivity index (χ2n) is 14.7. The van der Waals surface area contributed by atoms with E-state index in [1.165, 1.54) is 23.8 Å². The molecular formula is C39H42N4O9Si. The number of carbonyl (C=O) groups excluding carboxylic acids is 2. The van der Waals surface area contributed by atoms with Crippen LogP contribution in [0.2, 0.25) is 18.6 Å². The highest BCUT2D eigenvalue weighted by Gasteiger charge is 2.66. The molecule has 0 saturated carbocycles. The molecule has 7 rings (SSSR count). The first kappa shape index (κ1) is 36.2. The van der Waals surface area contributed by atoms with Crippen molar-refractivity contribution < 1.29 is 33.9 Å². The zero-order valence-electron chi connectivity index (χ0n) is 30.0. The molecule has 1 saturated heterocycles. The maximum atomic E-state index is 14.9. The number of nitro groups is 1. The molecule has 0 aliphatic carbocycles. The summed E-state index contributed by atoms with van der Waals surface area (Å²) in [5, 5.41) is 22.3. The van der Waals surface area contributed by atoms with Crippen LogP contribution in [0.4, 0.5) is 11.4 Å². The van der Waals surface area contributed by atoms with Crippen LogP contribution in [0.5, 0.6) is 5.75 Å². The maximum Gasteiger partial charge on any atom is 0.297 e. The first-order chi connectivity index (χ1) is 25.3. The third kappa shape index (κ3) is 6.14. The number of pyridine rings is 1. The monoisotopic (exact) mass is 738 g/mol. The van der Waals surface area contributed by atoms with Crippen LogP contribution in [0.3, 0.4) is 0 Å². The molecule has 0 bridgehead atoms. The third-order valence-corrected chi connectivity index (χ3v) is 13.6.